The van der Waals surface area contributed by atoms with Crippen LogP contribution in [0.2, 0.25) is 5.02 Å². The van der Waals surface area contributed by atoms with E-state index in [9.17, 15) is 4.79 Å². The monoisotopic (exact) mass is 363 g/mol. The van der Waals surface area contributed by atoms with Crippen molar-refractivity contribution in [2.75, 3.05) is 5.32 Å². The van der Waals surface area contributed by atoms with E-state index in [2.05, 4.69) is 27.3 Å². The number of benzene rings is 2. The van der Waals surface area contributed by atoms with Crippen LogP contribution in [-0.4, -0.2) is 5.91 Å². The Morgan fingerprint density at radius 1 is 1.10 bits per heavy atom. The van der Waals surface area contributed by atoms with Crippen molar-refractivity contribution in [2.24, 2.45) is 0 Å². The van der Waals surface area contributed by atoms with Crippen LogP contribution in [0.5, 0.6) is 0 Å². The van der Waals surface area contributed by atoms with Gasteiger partial charge in [0.05, 0.1) is 10.6 Å². The first kappa shape index (κ1) is 14.6. The van der Waals surface area contributed by atoms with Crippen molar-refractivity contribution in [3.63, 3.8) is 0 Å². The van der Waals surface area contributed by atoms with Gasteiger partial charge in [-0.05, 0) is 70.9 Å². The van der Waals surface area contributed by atoms with Gasteiger partial charge in [-0.15, -0.1) is 0 Å². The molecule has 0 radical (unpaired) electrons. The predicted molar refractivity (Wildman–Crippen MR) is 90.2 cm³/mol. The number of halogens is 2. The maximum Gasteiger partial charge on any atom is 0.257 e. The van der Waals surface area contributed by atoms with E-state index in [0.29, 0.717) is 10.6 Å². The molecule has 0 aliphatic heterocycles. The summed E-state index contributed by atoms with van der Waals surface area (Å²) in [7, 11) is 0. The van der Waals surface area contributed by atoms with Gasteiger partial charge in [0.1, 0.15) is 0 Å². The number of rotatable bonds is 2. The number of nitrogens with one attached hydrogen (secondary N) is 1. The van der Waals surface area contributed by atoms with Crippen LogP contribution >= 0.6 is 27.5 Å². The maximum absolute atomic E-state index is 12.5. The summed E-state index contributed by atoms with van der Waals surface area (Å²) in [6.07, 6.45) is 4.52. The predicted octanol–water partition coefficient (Wildman–Crippen LogP) is 5.23. The van der Waals surface area contributed by atoms with Crippen LogP contribution < -0.4 is 5.32 Å². The molecule has 0 unspecified atom stereocenters. The van der Waals surface area contributed by atoms with Crippen molar-refractivity contribution < 1.29 is 4.79 Å². The lowest BCUT2D eigenvalue weighted by Gasteiger charge is -2.19. The molecule has 1 N–H and O–H groups in total. The maximum atomic E-state index is 12.5. The van der Waals surface area contributed by atoms with Gasteiger partial charge >= 0.3 is 0 Å². The second-order valence-corrected chi connectivity index (χ2v) is 6.44. The lowest BCUT2D eigenvalue weighted by Crippen LogP contribution is -2.16. The zero-order valence-corrected chi connectivity index (χ0v) is 13.8. The first-order valence-corrected chi connectivity index (χ1v) is 8.20. The van der Waals surface area contributed by atoms with Crippen molar-refractivity contribution in [1.82, 2.24) is 0 Å². The van der Waals surface area contributed by atoms with Crippen LogP contribution in [0.1, 0.15) is 34.3 Å². The Morgan fingerprint density at radius 3 is 2.71 bits per heavy atom. The van der Waals surface area contributed by atoms with Gasteiger partial charge in [-0.25, -0.2) is 0 Å². The molecule has 0 spiro atoms. The second kappa shape index (κ2) is 6.20. The zero-order chi connectivity index (χ0) is 14.8. The van der Waals surface area contributed by atoms with E-state index < -0.39 is 0 Å². The summed E-state index contributed by atoms with van der Waals surface area (Å²) in [6, 6.07) is 11.5. The Hall–Kier alpha value is -1.32. The smallest absolute Gasteiger partial charge is 0.257 e. The van der Waals surface area contributed by atoms with Gasteiger partial charge in [0.2, 0.25) is 0 Å². The quantitative estimate of drug-likeness (QED) is 0.776. The number of anilines is 1. The summed E-state index contributed by atoms with van der Waals surface area (Å²) in [4.78, 5) is 12.5. The fourth-order valence-corrected chi connectivity index (χ4v) is 3.35. The summed E-state index contributed by atoms with van der Waals surface area (Å²) < 4.78 is 0.729. The van der Waals surface area contributed by atoms with Gasteiger partial charge < -0.3 is 5.32 Å². The van der Waals surface area contributed by atoms with Gasteiger partial charge in [0.15, 0.2) is 0 Å². The molecule has 3 rings (SSSR count). The van der Waals surface area contributed by atoms with Crippen LogP contribution in [0.4, 0.5) is 5.69 Å². The van der Waals surface area contributed by atoms with Gasteiger partial charge in [0, 0.05) is 10.2 Å². The minimum absolute atomic E-state index is 0.166. The molecule has 0 aromatic heterocycles. The van der Waals surface area contributed by atoms with Crippen LogP contribution in [0.25, 0.3) is 0 Å². The van der Waals surface area contributed by atoms with E-state index in [4.69, 9.17) is 11.6 Å². The Kier molecular flexibility index (Phi) is 4.32. The van der Waals surface area contributed by atoms with Crippen LogP contribution in [0, 0.1) is 0 Å². The number of fused-ring (bicyclic) bond motifs is 1. The number of amides is 1. The minimum Gasteiger partial charge on any atom is -0.322 e. The molecule has 1 aliphatic carbocycles. The Balaban J connectivity index is 1.90. The molecule has 0 saturated heterocycles. The lowest BCUT2D eigenvalue weighted by molar-refractivity contribution is 0.102. The van der Waals surface area contributed by atoms with Crippen molar-refractivity contribution in [3.05, 3.63) is 62.6 Å². The van der Waals surface area contributed by atoms with Crippen molar-refractivity contribution in [1.29, 1.82) is 0 Å². The molecular formula is C17H15BrClNO. The molecule has 1 amide bonds. The number of aryl methyl sites for hydroxylation is 1. The summed E-state index contributed by atoms with van der Waals surface area (Å²) in [5.74, 6) is -0.166. The van der Waals surface area contributed by atoms with Crippen molar-refractivity contribution >= 4 is 39.1 Å². The molecule has 4 heteroatoms. The summed E-state index contributed by atoms with van der Waals surface area (Å²) in [6.45, 7) is 0. The van der Waals surface area contributed by atoms with E-state index in [1.54, 1.807) is 6.07 Å². The standard InChI is InChI=1S/C17H15BrClNO/c18-14-9-4-8-13(16(14)19)17(21)20-15-10-3-6-11-5-1-2-7-12(11)15/h3-4,6,8-10H,1-2,5,7H2,(H,20,21). The molecule has 21 heavy (non-hydrogen) atoms. The van der Waals surface area contributed by atoms with Gasteiger partial charge in [-0.1, -0.05) is 29.8 Å². The Morgan fingerprint density at radius 2 is 1.86 bits per heavy atom. The number of carbonyl (C=O) groups excluding carboxylic acids is 1. The molecular weight excluding hydrogens is 350 g/mol. The fourth-order valence-electron chi connectivity index (χ4n) is 2.77. The second-order valence-electron chi connectivity index (χ2n) is 5.21. The van der Waals surface area contributed by atoms with Gasteiger partial charge in [0.25, 0.3) is 5.91 Å². The fraction of sp³-hybridized carbons (Fsp3) is 0.235. The SMILES string of the molecule is O=C(Nc1cccc2c1CCCC2)c1cccc(Br)c1Cl. The average Bonchev–Trinajstić information content (AvgIpc) is 2.50. The van der Waals surface area contributed by atoms with E-state index in [0.717, 1.165) is 23.0 Å². The molecule has 0 saturated carbocycles. The largest absolute Gasteiger partial charge is 0.322 e. The Labute approximate surface area is 137 Å². The lowest BCUT2D eigenvalue weighted by atomic mass is 9.90. The summed E-state index contributed by atoms with van der Waals surface area (Å²) in [5, 5.41) is 3.45. The van der Waals surface area contributed by atoms with Crippen LogP contribution in [0.3, 0.4) is 0 Å². The Bertz CT molecular complexity index is 699. The van der Waals surface area contributed by atoms with Gasteiger partial charge in [-0.3, -0.25) is 4.79 Å². The first-order valence-electron chi connectivity index (χ1n) is 7.03. The molecule has 0 heterocycles. The normalized spacial score (nSPS) is 13.6. The topological polar surface area (TPSA) is 29.1 Å². The van der Waals surface area contributed by atoms with Crippen molar-refractivity contribution in [3.8, 4) is 0 Å². The van der Waals surface area contributed by atoms with Crippen LogP contribution in [0.15, 0.2) is 40.9 Å². The van der Waals surface area contributed by atoms with E-state index >= 15 is 0 Å². The molecule has 2 aromatic carbocycles. The van der Waals surface area contributed by atoms with E-state index in [1.807, 2.05) is 24.3 Å². The van der Waals surface area contributed by atoms with Crippen LogP contribution in [-0.2, 0) is 12.8 Å². The van der Waals surface area contributed by atoms with Crippen molar-refractivity contribution in [2.45, 2.75) is 25.7 Å². The molecule has 0 atom stereocenters. The van der Waals surface area contributed by atoms with Gasteiger partial charge in [-0.2, -0.15) is 0 Å². The number of hydrogen-bond donors (Lipinski definition) is 1. The molecule has 0 fully saturated rings. The third-order valence-electron chi connectivity index (χ3n) is 3.84. The highest BCUT2D eigenvalue weighted by molar-refractivity contribution is 9.10. The zero-order valence-electron chi connectivity index (χ0n) is 11.5. The average molecular weight is 365 g/mol. The minimum atomic E-state index is -0.166. The highest BCUT2D eigenvalue weighted by Crippen LogP contribution is 2.30. The third-order valence-corrected chi connectivity index (χ3v) is 5.14. The molecule has 1 aliphatic rings. The number of hydrogen-bond acceptors (Lipinski definition) is 1. The summed E-state index contributed by atoms with van der Waals surface area (Å²) in [5.41, 5.74) is 4.01. The van der Waals surface area contributed by atoms with E-state index in [1.165, 1.54) is 24.0 Å². The summed E-state index contributed by atoms with van der Waals surface area (Å²) >= 11 is 9.54. The molecule has 0 bridgehead atoms. The first-order chi connectivity index (χ1) is 10.2. The highest BCUT2D eigenvalue weighted by atomic mass is 79.9. The molecule has 2 aromatic rings. The third kappa shape index (κ3) is 2.99. The highest BCUT2D eigenvalue weighted by Gasteiger charge is 2.17. The van der Waals surface area contributed by atoms with E-state index in [-0.39, 0.29) is 5.91 Å². The number of carbonyl (C=O) groups is 1. The molecule has 108 valence electrons. The molecule has 2 nitrogen and oxygen atoms in total.